The van der Waals surface area contributed by atoms with Crippen LogP contribution in [0.1, 0.15) is 38.5 Å². The Morgan fingerprint density at radius 3 is 2.19 bits per heavy atom. The van der Waals surface area contributed by atoms with Gasteiger partial charge in [-0.05, 0) is 59.5 Å². The van der Waals surface area contributed by atoms with E-state index in [4.69, 9.17) is 4.42 Å². The lowest BCUT2D eigenvalue weighted by Gasteiger charge is -2.24. The van der Waals surface area contributed by atoms with Gasteiger partial charge < -0.3 is 19.7 Å². The van der Waals surface area contributed by atoms with Crippen molar-refractivity contribution in [2.24, 2.45) is 0 Å². The van der Waals surface area contributed by atoms with Crippen molar-refractivity contribution < 1.29 is 23.9 Å². The normalized spacial score (nSPS) is 10.6. The molecule has 0 atom stereocenters. The molecule has 0 spiro atoms. The Labute approximate surface area is 214 Å². The summed E-state index contributed by atoms with van der Waals surface area (Å²) in [4.78, 5) is 43.7. The molecule has 0 bridgehead atoms. The van der Waals surface area contributed by atoms with Crippen LogP contribution in [-0.2, 0) is 17.8 Å². The number of rotatable bonds is 11. The molecule has 4 aromatic rings. The quantitative estimate of drug-likeness (QED) is 0.317. The number of nitrogens with zero attached hydrogens (tertiary/aromatic N) is 2. The van der Waals surface area contributed by atoms with Crippen LogP contribution in [0.3, 0.4) is 0 Å². The highest BCUT2D eigenvalue weighted by Gasteiger charge is 2.22. The number of pyridine rings is 1. The third-order valence-electron chi connectivity index (χ3n) is 5.93. The molecule has 4 rings (SSSR count). The number of benzene rings is 2. The molecule has 2 aromatic heterocycles. The first-order valence-corrected chi connectivity index (χ1v) is 11.9. The van der Waals surface area contributed by atoms with Gasteiger partial charge in [0.2, 0.25) is 0 Å². The van der Waals surface area contributed by atoms with E-state index >= 15 is 0 Å². The predicted molar refractivity (Wildman–Crippen MR) is 138 cm³/mol. The van der Waals surface area contributed by atoms with Crippen molar-refractivity contribution in [2.45, 2.75) is 19.4 Å². The number of carboxylic acids is 1. The van der Waals surface area contributed by atoms with Crippen LogP contribution in [0.4, 0.5) is 0 Å². The Morgan fingerprint density at radius 2 is 1.51 bits per heavy atom. The van der Waals surface area contributed by atoms with Crippen molar-refractivity contribution in [3.63, 3.8) is 0 Å². The summed E-state index contributed by atoms with van der Waals surface area (Å²) in [6, 6.07) is 21.4. The minimum Gasteiger partial charge on any atom is -0.481 e. The summed E-state index contributed by atoms with van der Waals surface area (Å²) in [6.07, 6.45) is 5.30. The minimum absolute atomic E-state index is 0.0683. The van der Waals surface area contributed by atoms with E-state index in [0.29, 0.717) is 41.0 Å². The molecule has 0 aliphatic carbocycles. The lowest BCUT2D eigenvalue weighted by molar-refractivity contribution is -0.137. The zero-order valence-corrected chi connectivity index (χ0v) is 20.2. The van der Waals surface area contributed by atoms with Crippen LogP contribution in [0.5, 0.6) is 0 Å². The van der Waals surface area contributed by atoms with Gasteiger partial charge in [-0.15, -0.1) is 0 Å². The molecule has 2 amide bonds. The molecule has 2 N–H and O–H groups in total. The molecule has 0 aliphatic heterocycles. The van der Waals surface area contributed by atoms with Gasteiger partial charge in [-0.25, -0.2) is 0 Å². The maximum atomic E-state index is 13.7. The molecule has 0 unspecified atom stereocenters. The Hall–Kier alpha value is -4.72. The second kappa shape index (κ2) is 12.3. The first-order valence-electron chi connectivity index (χ1n) is 11.9. The number of nitrogens with one attached hydrogen (secondary N) is 1. The topological polar surface area (TPSA) is 113 Å². The molecule has 0 saturated carbocycles. The van der Waals surface area contributed by atoms with Crippen LogP contribution < -0.4 is 5.32 Å². The molecule has 0 aliphatic rings. The van der Waals surface area contributed by atoms with Gasteiger partial charge in [-0.1, -0.05) is 36.4 Å². The number of hydrogen-bond acceptors (Lipinski definition) is 5. The summed E-state index contributed by atoms with van der Waals surface area (Å²) in [7, 11) is 0. The summed E-state index contributed by atoms with van der Waals surface area (Å²) in [5.74, 6) is -0.940. The van der Waals surface area contributed by atoms with E-state index in [0.717, 1.165) is 5.56 Å². The highest BCUT2D eigenvalue weighted by Crippen LogP contribution is 2.28. The number of carbonyl (C=O) groups is 3. The summed E-state index contributed by atoms with van der Waals surface area (Å²) < 4.78 is 5.30. The number of carboxylic acid groups (broad SMARTS) is 1. The zero-order chi connectivity index (χ0) is 26.0. The largest absolute Gasteiger partial charge is 0.481 e. The van der Waals surface area contributed by atoms with Gasteiger partial charge in [-0.2, -0.15) is 0 Å². The van der Waals surface area contributed by atoms with Crippen molar-refractivity contribution in [3.05, 3.63) is 114 Å². The fraction of sp³-hybridized carbons (Fsp3) is 0.172. The van der Waals surface area contributed by atoms with Crippen LogP contribution in [0.25, 0.3) is 11.1 Å². The van der Waals surface area contributed by atoms with Gasteiger partial charge in [-0.3, -0.25) is 19.4 Å². The van der Waals surface area contributed by atoms with Crippen molar-refractivity contribution >= 4 is 17.8 Å². The lowest BCUT2D eigenvalue weighted by Crippen LogP contribution is -2.35. The molecule has 188 valence electrons. The molecule has 0 fully saturated rings. The number of aliphatic carboxylic acids is 1. The molecular formula is C29H27N3O5. The maximum Gasteiger partial charge on any atom is 0.305 e. The van der Waals surface area contributed by atoms with Crippen molar-refractivity contribution in [1.82, 2.24) is 15.2 Å². The summed E-state index contributed by atoms with van der Waals surface area (Å²) >= 11 is 0. The van der Waals surface area contributed by atoms with E-state index in [1.165, 1.54) is 0 Å². The average Bonchev–Trinajstić information content (AvgIpc) is 3.46. The number of furan rings is 1. The lowest BCUT2D eigenvalue weighted by atomic mass is 9.94. The number of aromatic nitrogens is 1. The minimum atomic E-state index is -0.978. The predicted octanol–water partition coefficient (Wildman–Crippen LogP) is 4.43. The molecule has 37 heavy (non-hydrogen) atoms. The highest BCUT2D eigenvalue weighted by atomic mass is 16.4. The SMILES string of the molecule is O=C(O)CCN(CCc1ccncc1)C(=O)c1ccccc1-c1ccccc1C(=O)NCc1ccco1. The molecule has 0 radical (unpaired) electrons. The summed E-state index contributed by atoms with van der Waals surface area (Å²) in [5.41, 5.74) is 3.02. The Balaban J connectivity index is 1.61. The van der Waals surface area contributed by atoms with E-state index in [2.05, 4.69) is 10.3 Å². The average molecular weight is 498 g/mol. The standard InChI is InChI=1S/C29H27N3O5/c33-27(34)14-18-32(17-13-21-11-15-30-16-12-21)29(36)26-10-4-2-8-24(26)23-7-1-3-9-25(23)28(35)31-20-22-6-5-19-37-22/h1-12,15-16,19H,13-14,17-18,20H2,(H,31,35)(H,33,34). The monoisotopic (exact) mass is 497 g/mol. The first-order chi connectivity index (χ1) is 18.0. The molecular weight excluding hydrogens is 470 g/mol. The van der Waals surface area contributed by atoms with Crippen LogP contribution in [0.15, 0.2) is 95.9 Å². The van der Waals surface area contributed by atoms with E-state index in [1.54, 1.807) is 72.1 Å². The number of carbonyl (C=O) groups excluding carboxylic acids is 2. The Kier molecular flexibility index (Phi) is 8.44. The van der Waals surface area contributed by atoms with E-state index < -0.39 is 5.97 Å². The second-order valence-corrected chi connectivity index (χ2v) is 8.39. The maximum absolute atomic E-state index is 13.7. The van der Waals surface area contributed by atoms with Crippen molar-refractivity contribution in [1.29, 1.82) is 0 Å². The van der Waals surface area contributed by atoms with E-state index in [1.807, 2.05) is 24.3 Å². The van der Waals surface area contributed by atoms with Crippen LogP contribution in [0, 0.1) is 0 Å². The van der Waals surface area contributed by atoms with Crippen molar-refractivity contribution in [3.8, 4) is 11.1 Å². The zero-order valence-electron chi connectivity index (χ0n) is 20.2. The number of amides is 2. The number of hydrogen-bond donors (Lipinski definition) is 2. The first kappa shape index (κ1) is 25.4. The summed E-state index contributed by atoms with van der Waals surface area (Å²) in [6.45, 7) is 0.646. The van der Waals surface area contributed by atoms with Gasteiger partial charge in [0, 0.05) is 36.6 Å². The third kappa shape index (κ3) is 6.70. The van der Waals surface area contributed by atoms with Crippen LogP contribution in [0.2, 0.25) is 0 Å². The van der Waals surface area contributed by atoms with Gasteiger partial charge in [0.25, 0.3) is 11.8 Å². The second-order valence-electron chi connectivity index (χ2n) is 8.39. The Morgan fingerprint density at radius 1 is 0.838 bits per heavy atom. The van der Waals surface area contributed by atoms with Crippen molar-refractivity contribution in [2.75, 3.05) is 13.1 Å². The molecule has 2 heterocycles. The molecule has 2 aromatic carbocycles. The smallest absolute Gasteiger partial charge is 0.305 e. The fourth-order valence-electron chi connectivity index (χ4n) is 4.03. The van der Waals surface area contributed by atoms with E-state index in [9.17, 15) is 19.5 Å². The van der Waals surface area contributed by atoms with E-state index in [-0.39, 0.29) is 31.3 Å². The van der Waals surface area contributed by atoms with Gasteiger partial charge in [0.1, 0.15) is 5.76 Å². The molecule has 0 saturated heterocycles. The Bertz CT molecular complexity index is 1350. The molecule has 8 heteroatoms. The summed E-state index contributed by atoms with van der Waals surface area (Å²) in [5, 5.41) is 12.1. The third-order valence-corrected chi connectivity index (χ3v) is 5.93. The van der Waals surface area contributed by atoms with Gasteiger partial charge in [0.05, 0.1) is 19.2 Å². The van der Waals surface area contributed by atoms with Crippen LogP contribution in [-0.4, -0.2) is 45.9 Å². The van der Waals surface area contributed by atoms with Gasteiger partial charge in [0.15, 0.2) is 0 Å². The van der Waals surface area contributed by atoms with Crippen LogP contribution >= 0.6 is 0 Å². The highest BCUT2D eigenvalue weighted by molar-refractivity contribution is 6.06. The molecule has 8 nitrogen and oxygen atoms in total. The fourth-order valence-corrected chi connectivity index (χ4v) is 4.03. The van der Waals surface area contributed by atoms with Gasteiger partial charge >= 0.3 is 5.97 Å².